The van der Waals surface area contributed by atoms with E-state index in [4.69, 9.17) is 11.6 Å². The number of nitrogens with zero attached hydrogens (tertiary/aromatic N) is 2. The first-order chi connectivity index (χ1) is 11.8. The molecule has 0 fully saturated rings. The highest BCUT2D eigenvalue weighted by Gasteiger charge is 2.22. The lowest BCUT2D eigenvalue weighted by Crippen LogP contribution is -2.36. The number of rotatable bonds is 6. The molecule has 0 unspecified atom stereocenters. The van der Waals surface area contributed by atoms with E-state index in [0.29, 0.717) is 10.6 Å². The van der Waals surface area contributed by atoms with Crippen molar-refractivity contribution in [2.75, 3.05) is 13.6 Å². The monoisotopic (exact) mass is 383 g/mol. The highest BCUT2D eigenvalue weighted by molar-refractivity contribution is 7.89. The summed E-state index contributed by atoms with van der Waals surface area (Å²) in [5, 5.41) is 4.28. The van der Waals surface area contributed by atoms with Gasteiger partial charge in [0.15, 0.2) is 0 Å². The second kappa shape index (κ2) is 8.19. The first kappa shape index (κ1) is 19.0. The average molecular weight is 384 g/mol. The van der Waals surface area contributed by atoms with Gasteiger partial charge in [0.05, 0.1) is 17.7 Å². The molecule has 6 nitrogen and oxygen atoms in total. The fourth-order valence-corrected chi connectivity index (χ4v) is 3.20. The van der Waals surface area contributed by atoms with Gasteiger partial charge < -0.3 is 0 Å². The summed E-state index contributed by atoms with van der Waals surface area (Å²) in [4.78, 5) is 11.7. The Morgan fingerprint density at radius 3 is 2.60 bits per heavy atom. The van der Waals surface area contributed by atoms with Crippen LogP contribution in [0.4, 0.5) is 4.39 Å². The first-order valence-corrected chi connectivity index (χ1v) is 8.90. The van der Waals surface area contributed by atoms with Gasteiger partial charge in [0.2, 0.25) is 10.0 Å². The van der Waals surface area contributed by atoms with Crippen molar-refractivity contribution in [2.24, 2.45) is 5.10 Å². The molecule has 2 rings (SSSR count). The smallest absolute Gasteiger partial charge is 0.255 e. The summed E-state index contributed by atoms with van der Waals surface area (Å²) >= 11 is 5.83. The quantitative estimate of drug-likeness (QED) is 0.613. The Kier molecular flexibility index (Phi) is 6.24. The van der Waals surface area contributed by atoms with Gasteiger partial charge in [-0.1, -0.05) is 23.7 Å². The number of halogens is 2. The highest BCUT2D eigenvalue weighted by Crippen LogP contribution is 2.14. The predicted molar refractivity (Wildman–Crippen MR) is 93.4 cm³/mol. The minimum Gasteiger partial charge on any atom is -0.272 e. The Morgan fingerprint density at radius 2 is 1.96 bits per heavy atom. The molecule has 0 radical (unpaired) electrons. The van der Waals surface area contributed by atoms with Gasteiger partial charge in [-0.15, -0.1) is 0 Å². The zero-order valence-electron chi connectivity index (χ0n) is 13.2. The SMILES string of the molecule is CN(CC(=O)N/N=C\c1cccc(Cl)c1)S(=O)(=O)c1ccc(F)cc1. The molecule has 9 heteroatoms. The predicted octanol–water partition coefficient (Wildman–Crippen LogP) is 2.25. The van der Waals surface area contributed by atoms with Crippen LogP contribution in [0, 0.1) is 5.82 Å². The number of likely N-dealkylation sites (N-methyl/N-ethyl adjacent to an activating group) is 1. The lowest BCUT2D eigenvalue weighted by molar-refractivity contribution is -0.121. The van der Waals surface area contributed by atoms with E-state index in [1.165, 1.54) is 13.3 Å². The normalized spacial score (nSPS) is 11.8. The van der Waals surface area contributed by atoms with Crippen LogP contribution in [0.1, 0.15) is 5.56 Å². The molecule has 0 saturated heterocycles. The Hall–Kier alpha value is -2.29. The van der Waals surface area contributed by atoms with Crippen LogP contribution in [0.2, 0.25) is 5.02 Å². The minimum atomic E-state index is -3.90. The third-order valence-corrected chi connectivity index (χ3v) is 5.19. The molecular formula is C16H15ClFN3O3S. The standard InChI is InChI=1S/C16H15ClFN3O3S/c1-21(25(23,24)15-7-5-14(18)6-8-15)11-16(22)20-19-10-12-3-2-4-13(17)9-12/h2-10H,11H2,1H3,(H,20,22)/b19-10-. The van der Waals surface area contributed by atoms with Gasteiger partial charge in [-0.05, 0) is 42.0 Å². The Labute approximate surface area is 150 Å². The second-order valence-electron chi connectivity index (χ2n) is 5.06. The van der Waals surface area contributed by atoms with Gasteiger partial charge in [0, 0.05) is 12.1 Å². The Bertz CT molecular complexity index is 886. The first-order valence-electron chi connectivity index (χ1n) is 7.08. The average Bonchev–Trinajstić information content (AvgIpc) is 2.55. The third-order valence-electron chi connectivity index (χ3n) is 3.14. The van der Waals surface area contributed by atoms with Crippen molar-refractivity contribution in [1.82, 2.24) is 9.73 Å². The molecule has 1 amide bonds. The molecule has 0 bridgehead atoms. The number of amides is 1. The number of hydrazone groups is 1. The number of hydrogen-bond acceptors (Lipinski definition) is 4. The van der Waals surface area contributed by atoms with Crippen LogP contribution < -0.4 is 5.43 Å². The van der Waals surface area contributed by atoms with Gasteiger partial charge in [0.25, 0.3) is 5.91 Å². The maximum Gasteiger partial charge on any atom is 0.255 e. The van der Waals surface area contributed by atoms with E-state index in [-0.39, 0.29) is 4.90 Å². The van der Waals surface area contributed by atoms with E-state index in [1.807, 2.05) is 0 Å². The molecule has 0 atom stereocenters. The topological polar surface area (TPSA) is 78.8 Å². The van der Waals surface area contributed by atoms with Crippen molar-refractivity contribution in [3.05, 3.63) is 64.9 Å². The summed E-state index contributed by atoms with van der Waals surface area (Å²) in [7, 11) is -2.65. The summed E-state index contributed by atoms with van der Waals surface area (Å²) in [5.41, 5.74) is 2.92. The third kappa shape index (κ3) is 5.35. The van der Waals surface area contributed by atoms with Crippen LogP contribution in [0.15, 0.2) is 58.5 Å². The van der Waals surface area contributed by atoms with Crippen molar-refractivity contribution in [3.63, 3.8) is 0 Å². The summed E-state index contributed by atoms with van der Waals surface area (Å²) in [6, 6.07) is 11.2. The van der Waals surface area contributed by atoms with Crippen LogP contribution in [-0.4, -0.2) is 38.4 Å². The molecule has 2 aromatic carbocycles. The van der Waals surface area contributed by atoms with Crippen LogP contribution in [0.25, 0.3) is 0 Å². The number of hydrogen-bond donors (Lipinski definition) is 1. The lowest BCUT2D eigenvalue weighted by atomic mass is 10.2. The van der Waals surface area contributed by atoms with Crippen LogP contribution in [-0.2, 0) is 14.8 Å². The maximum atomic E-state index is 12.9. The fourth-order valence-electron chi connectivity index (χ4n) is 1.87. The van der Waals surface area contributed by atoms with Crippen molar-refractivity contribution in [3.8, 4) is 0 Å². The van der Waals surface area contributed by atoms with E-state index in [2.05, 4.69) is 10.5 Å². The van der Waals surface area contributed by atoms with Gasteiger partial charge in [-0.3, -0.25) is 4.79 Å². The largest absolute Gasteiger partial charge is 0.272 e. The molecular weight excluding hydrogens is 369 g/mol. The lowest BCUT2D eigenvalue weighted by Gasteiger charge is -2.16. The van der Waals surface area contributed by atoms with Crippen LogP contribution in [0.5, 0.6) is 0 Å². The molecule has 0 aliphatic rings. The van der Waals surface area contributed by atoms with Gasteiger partial charge >= 0.3 is 0 Å². The number of nitrogens with one attached hydrogen (secondary N) is 1. The molecule has 0 saturated carbocycles. The van der Waals surface area contributed by atoms with Crippen molar-refractivity contribution in [1.29, 1.82) is 0 Å². The molecule has 25 heavy (non-hydrogen) atoms. The maximum absolute atomic E-state index is 12.9. The molecule has 1 N–H and O–H groups in total. The summed E-state index contributed by atoms with van der Waals surface area (Å²) in [6.07, 6.45) is 1.39. The van der Waals surface area contributed by atoms with Gasteiger partial charge in [0.1, 0.15) is 5.82 Å². The Balaban J connectivity index is 1.96. The van der Waals surface area contributed by atoms with E-state index in [1.54, 1.807) is 24.3 Å². The van der Waals surface area contributed by atoms with Crippen LogP contribution >= 0.6 is 11.6 Å². The summed E-state index contributed by atoms with van der Waals surface area (Å²) in [5.74, 6) is -1.17. The van der Waals surface area contributed by atoms with E-state index in [9.17, 15) is 17.6 Å². The number of benzene rings is 2. The van der Waals surface area contributed by atoms with Crippen molar-refractivity contribution in [2.45, 2.75) is 4.90 Å². The molecule has 0 aliphatic heterocycles. The molecule has 0 heterocycles. The van der Waals surface area contributed by atoms with Gasteiger partial charge in [-0.25, -0.2) is 18.2 Å². The van der Waals surface area contributed by atoms with Crippen molar-refractivity contribution < 1.29 is 17.6 Å². The molecule has 0 aliphatic carbocycles. The molecule has 2 aromatic rings. The number of sulfonamides is 1. The summed E-state index contributed by atoms with van der Waals surface area (Å²) in [6.45, 7) is -0.438. The molecule has 132 valence electrons. The zero-order chi connectivity index (χ0) is 18.4. The number of carbonyl (C=O) groups excluding carboxylic acids is 1. The highest BCUT2D eigenvalue weighted by atomic mass is 35.5. The minimum absolute atomic E-state index is 0.105. The van der Waals surface area contributed by atoms with Crippen LogP contribution in [0.3, 0.4) is 0 Å². The molecule has 0 aromatic heterocycles. The van der Waals surface area contributed by atoms with E-state index >= 15 is 0 Å². The summed E-state index contributed by atoms with van der Waals surface area (Å²) < 4.78 is 38.3. The second-order valence-corrected chi connectivity index (χ2v) is 7.54. The number of carbonyl (C=O) groups is 1. The fraction of sp³-hybridized carbons (Fsp3) is 0.125. The van der Waals surface area contributed by atoms with Crippen molar-refractivity contribution >= 4 is 33.7 Å². The van der Waals surface area contributed by atoms with E-state index < -0.39 is 28.3 Å². The molecule has 0 spiro atoms. The Morgan fingerprint density at radius 1 is 1.28 bits per heavy atom. The van der Waals surface area contributed by atoms with E-state index in [0.717, 1.165) is 28.6 Å². The van der Waals surface area contributed by atoms with Gasteiger partial charge in [-0.2, -0.15) is 9.41 Å². The zero-order valence-corrected chi connectivity index (χ0v) is 14.8.